The van der Waals surface area contributed by atoms with Crippen LogP contribution in [0.2, 0.25) is 0 Å². The number of carbonyl (C=O) groups excluding carboxylic acids is 2. The lowest BCUT2D eigenvalue weighted by molar-refractivity contribution is -0.170. The number of nitrogens with one attached hydrogen (secondary N) is 2. The van der Waals surface area contributed by atoms with E-state index >= 15 is 0 Å². The van der Waals surface area contributed by atoms with Gasteiger partial charge < -0.3 is 15.2 Å². The van der Waals surface area contributed by atoms with Gasteiger partial charge in [0.25, 0.3) is 5.91 Å². The fraction of sp³-hybridized carbons (Fsp3) is 0.615. The second-order valence-electron chi connectivity index (χ2n) is 10.5. The maximum absolute atomic E-state index is 13.2. The molecule has 2 saturated heterocycles. The molecule has 3 atom stereocenters. The van der Waals surface area contributed by atoms with Crippen LogP contribution < -0.4 is 10.6 Å². The minimum Gasteiger partial charge on any atom is -0.352 e. The summed E-state index contributed by atoms with van der Waals surface area (Å²) in [5, 5.41) is 6.36. The van der Waals surface area contributed by atoms with Crippen molar-refractivity contribution in [3.63, 3.8) is 0 Å². The molecule has 2 N–H and O–H groups in total. The van der Waals surface area contributed by atoms with Crippen molar-refractivity contribution >= 4 is 22.7 Å². The number of hydrogen-bond donors (Lipinski definition) is 2. The number of rotatable bonds is 7. The van der Waals surface area contributed by atoms with Gasteiger partial charge in [0.1, 0.15) is 5.54 Å². The summed E-state index contributed by atoms with van der Waals surface area (Å²) in [6.07, 6.45) is -0.907. The molecule has 0 spiro atoms. The van der Waals surface area contributed by atoms with Crippen LogP contribution in [0.15, 0.2) is 24.3 Å². The van der Waals surface area contributed by atoms with Gasteiger partial charge in [0.05, 0.1) is 12.1 Å². The van der Waals surface area contributed by atoms with Gasteiger partial charge in [-0.05, 0) is 64.4 Å². The van der Waals surface area contributed by atoms with Gasteiger partial charge in [0.2, 0.25) is 5.91 Å². The van der Waals surface area contributed by atoms with Crippen LogP contribution in [0.5, 0.6) is 0 Å². The van der Waals surface area contributed by atoms with Crippen molar-refractivity contribution in [2.45, 2.75) is 82.7 Å². The summed E-state index contributed by atoms with van der Waals surface area (Å²) in [4.78, 5) is 27.7. The average Bonchev–Trinajstić information content (AvgIpc) is 3.49. The van der Waals surface area contributed by atoms with Crippen molar-refractivity contribution in [2.24, 2.45) is 5.92 Å². The molecular formula is C26H33F3N4O2. The summed E-state index contributed by atoms with van der Waals surface area (Å²) in [5.74, 6) is -0.311. The first kappa shape index (κ1) is 24.2. The van der Waals surface area contributed by atoms with Crippen LogP contribution in [0.1, 0.15) is 61.5 Å². The molecule has 1 aromatic carbocycles. The summed E-state index contributed by atoms with van der Waals surface area (Å²) >= 11 is 0. The third-order valence-corrected chi connectivity index (χ3v) is 8.30. The Balaban J connectivity index is 1.18. The van der Waals surface area contributed by atoms with Gasteiger partial charge in [0, 0.05) is 41.8 Å². The molecule has 3 heterocycles. The highest BCUT2D eigenvalue weighted by Crippen LogP contribution is 2.49. The topological polar surface area (TPSA) is 66.4 Å². The van der Waals surface area contributed by atoms with E-state index in [1.165, 1.54) is 0 Å². The lowest BCUT2D eigenvalue weighted by Gasteiger charge is -2.39. The molecule has 1 unspecified atom stereocenters. The van der Waals surface area contributed by atoms with Gasteiger partial charge >= 0.3 is 6.18 Å². The molecule has 1 saturated carbocycles. The van der Waals surface area contributed by atoms with E-state index < -0.39 is 17.6 Å². The molecule has 6 nitrogen and oxygen atoms in total. The second kappa shape index (κ2) is 8.84. The Morgan fingerprint density at radius 3 is 2.37 bits per heavy atom. The molecule has 3 fully saturated rings. The van der Waals surface area contributed by atoms with E-state index in [-0.39, 0.29) is 37.4 Å². The number of benzene rings is 1. The summed E-state index contributed by atoms with van der Waals surface area (Å²) < 4.78 is 41.7. The van der Waals surface area contributed by atoms with Gasteiger partial charge in [-0.15, -0.1) is 0 Å². The minimum atomic E-state index is -4.39. The molecule has 1 aromatic heterocycles. The number of hydrogen-bond acceptors (Lipinski definition) is 3. The molecule has 2 amide bonds. The summed E-state index contributed by atoms with van der Waals surface area (Å²) in [6.45, 7) is 5.42. The van der Waals surface area contributed by atoms with Crippen LogP contribution in [-0.2, 0) is 11.3 Å². The Kier molecular flexibility index (Phi) is 6.10. The third-order valence-electron chi connectivity index (χ3n) is 8.30. The fourth-order valence-corrected chi connectivity index (χ4v) is 6.34. The molecule has 9 heteroatoms. The normalized spacial score (nSPS) is 25.6. The third kappa shape index (κ3) is 4.32. The number of aryl methyl sites for hydroxylation is 1. The van der Waals surface area contributed by atoms with Crippen molar-refractivity contribution in [3.8, 4) is 0 Å². The molecular weight excluding hydrogens is 457 g/mol. The number of aromatic nitrogens is 1. The van der Waals surface area contributed by atoms with Crippen LogP contribution in [0.25, 0.3) is 10.9 Å². The minimum absolute atomic E-state index is 0.0158. The summed E-state index contributed by atoms with van der Waals surface area (Å²) in [6, 6.07) is 8.29. The van der Waals surface area contributed by atoms with Crippen LogP contribution in [0.3, 0.4) is 0 Å². The van der Waals surface area contributed by atoms with Gasteiger partial charge in [0.15, 0.2) is 0 Å². The van der Waals surface area contributed by atoms with Gasteiger partial charge in [-0.25, -0.2) is 0 Å². The first-order valence-electron chi connectivity index (χ1n) is 12.6. The first-order valence-corrected chi connectivity index (χ1v) is 12.6. The Labute approximate surface area is 203 Å². The molecule has 2 aliphatic heterocycles. The molecule has 0 radical (unpaired) electrons. The van der Waals surface area contributed by atoms with E-state index in [1.807, 2.05) is 31.2 Å². The maximum atomic E-state index is 13.2. The molecule has 2 bridgehead atoms. The van der Waals surface area contributed by atoms with E-state index in [9.17, 15) is 22.8 Å². The predicted octanol–water partition coefficient (Wildman–Crippen LogP) is 4.15. The van der Waals surface area contributed by atoms with Crippen molar-refractivity contribution in [2.75, 3.05) is 13.1 Å². The monoisotopic (exact) mass is 490 g/mol. The van der Waals surface area contributed by atoms with Crippen molar-refractivity contribution < 1.29 is 22.8 Å². The highest BCUT2D eigenvalue weighted by atomic mass is 19.4. The number of fused-ring (bicyclic) bond motifs is 3. The Morgan fingerprint density at radius 1 is 1.11 bits per heavy atom. The van der Waals surface area contributed by atoms with Gasteiger partial charge in [-0.1, -0.05) is 18.2 Å². The first-order chi connectivity index (χ1) is 16.6. The molecule has 2 aromatic rings. The number of carbonyl (C=O) groups is 2. The van der Waals surface area contributed by atoms with Crippen LogP contribution >= 0.6 is 0 Å². The Bertz CT molecular complexity index is 1120. The molecule has 190 valence electrons. The maximum Gasteiger partial charge on any atom is 0.411 e. The quantitative estimate of drug-likeness (QED) is 0.613. The largest absolute Gasteiger partial charge is 0.411 e. The van der Waals surface area contributed by atoms with Crippen LogP contribution in [0.4, 0.5) is 13.2 Å². The van der Waals surface area contributed by atoms with E-state index in [1.54, 1.807) is 0 Å². The van der Waals surface area contributed by atoms with Gasteiger partial charge in [-0.2, -0.15) is 13.2 Å². The molecule has 5 rings (SSSR count). The van der Waals surface area contributed by atoms with Gasteiger partial charge in [-0.3, -0.25) is 14.5 Å². The number of amides is 2. The van der Waals surface area contributed by atoms with E-state index in [2.05, 4.69) is 27.0 Å². The Hall–Kier alpha value is -2.55. The van der Waals surface area contributed by atoms with Crippen molar-refractivity contribution in [3.05, 3.63) is 35.5 Å². The SMILES string of the molecule is CCn1c(C)c(C(=O)NCC2C[C@H]3CC[C@@H](C2)N3CC(=O)NC2(C(F)(F)F)CC2)c2ccccc21. The van der Waals surface area contributed by atoms with Crippen LogP contribution in [0, 0.1) is 12.8 Å². The van der Waals surface area contributed by atoms with E-state index in [0.29, 0.717) is 12.5 Å². The zero-order valence-corrected chi connectivity index (χ0v) is 20.3. The van der Waals surface area contributed by atoms with Crippen molar-refractivity contribution in [1.82, 2.24) is 20.1 Å². The van der Waals surface area contributed by atoms with E-state index in [0.717, 1.165) is 54.4 Å². The number of halogens is 3. The zero-order chi connectivity index (χ0) is 25.0. The highest BCUT2D eigenvalue weighted by Gasteiger charge is 2.64. The second-order valence-corrected chi connectivity index (χ2v) is 10.5. The predicted molar refractivity (Wildman–Crippen MR) is 127 cm³/mol. The molecule has 3 aliphatic rings. The number of piperidine rings is 1. The summed E-state index contributed by atoms with van der Waals surface area (Å²) in [5.41, 5.74) is 0.725. The van der Waals surface area contributed by atoms with Crippen LogP contribution in [-0.4, -0.2) is 58.2 Å². The standard InChI is InChI=1S/C26H33F3N4O2/c1-3-32-16(2)23(20-6-4-5-7-21(20)32)24(35)30-14-17-12-18-8-9-19(13-17)33(18)15-22(34)31-25(10-11-25)26(27,28)29/h4-7,17-19H,3,8-15H2,1-2H3,(H,30,35)(H,31,34)/t17?,18-,19+. The fourth-order valence-electron chi connectivity index (χ4n) is 6.34. The van der Waals surface area contributed by atoms with E-state index in [4.69, 9.17) is 0 Å². The number of para-hydroxylation sites is 1. The summed E-state index contributed by atoms with van der Waals surface area (Å²) in [7, 11) is 0. The highest BCUT2D eigenvalue weighted by molar-refractivity contribution is 6.08. The lowest BCUT2D eigenvalue weighted by atomic mass is 9.90. The van der Waals surface area contributed by atoms with Crippen molar-refractivity contribution in [1.29, 1.82) is 0 Å². The Morgan fingerprint density at radius 2 is 1.77 bits per heavy atom. The lowest BCUT2D eigenvalue weighted by Crippen LogP contribution is -2.54. The number of nitrogens with zero attached hydrogens (tertiary/aromatic N) is 2. The molecule has 1 aliphatic carbocycles. The molecule has 35 heavy (non-hydrogen) atoms. The number of alkyl halides is 3. The average molecular weight is 491 g/mol. The zero-order valence-electron chi connectivity index (χ0n) is 20.3. The smallest absolute Gasteiger partial charge is 0.352 e.